The zero-order valence-corrected chi connectivity index (χ0v) is 20.4. The van der Waals surface area contributed by atoms with Crippen molar-refractivity contribution in [2.45, 2.75) is 83.6 Å². The minimum absolute atomic E-state index is 0.0438. The van der Waals surface area contributed by atoms with Gasteiger partial charge in [-0.1, -0.05) is 62.6 Å². The van der Waals surface area contributed by atoms with Crippen molar-refractivity contribution in [1.82, 2.24) is 25.4 Å². The molecule has 7 nitrogen and oxygen atoms in total. The van der Waals surface area contributed by atoms with Crippen LogP contribution in [-0.4, -0.2) is 38.4 Å². The Morgan fingerprint density at radius 1 is 1.19 bits per heavy atom. The first-order valence-corrected chi connectivity index (χ1v) is 12.6. The van der Waals surface area contributed by atoms with Gasteiger partial charge in [0.2, 0.25) is 5.91 Å². The van der Waals surface area contributed by atoms with Crippen LogP contribution >= 0.6 is 11.8 Å². The van der Waals surface area contributed by atoms with Gasteiger partial charge in [0.25, 0.3) is 5.91 Å². The summed E-state index contributed by atoms with van der Waals surface area (Å²) in [5.41, 5.74) is 1.67. The number of aryl methyl sites for hydroxylation is 1. The lowest BCUT2D eigenvalue weighted by Gasteiger charge is -2.23. The van der Waals surface area contributed by atoms with Crippen LogP contribution in [0.1, 0.15) is 80.7 Å². The van der Waals surface area contributed by atoms with Gasteiger partial charge < -0.3 is 15.2 Å². The lowest BCUT2D eigenvalue weighted by Crippen LogP contribution is -2.37. The zero-order valence-electron chi connectivity index (χ0n) is 19.6. The number of nitrogens with one attached hydrogen (secondary N) is 2. The van der Waals surface area contributed by atoms with Crippen molar-refractivity contribution in [3.63, 3.8) is 0 Å². The summed E-state index contributed by atoms with van der Waals surface area (Å²) in [5.74, 6) is 1.09. The summed E-state index contributed by atoms with van der Waals surface area (Å²) in [6, 6.07) is 7.58. The van der Waals surface area contributed by atoms with Gasteiger partial charge in [-0.2, -0.15) is 0 Å². The van der Waals surface area contributed by atoms with Crippen molar-refractivity contribution in [2.75, 3.05) is 5.75 Å². The Bertz CT molecular complexity index is 921. The molecule has 32 heavy (non-hydrogen) atoms. The molecule has 0 bridgehead atoms. The highest BCUT2D eigenvalue weighted by Crippen LogP contribution is 2.26. The highest BCUT2D eigenvalue weighted by atomic mass is 32.2. The van der Waals surface area contributed by atoms with E-state index in [4.69, 9.17) is 0 Å². The van der Waals surface area contributed by atoms with Crippen molar-refractivity contribution in [3.8, 4) is 0 Å². The first-order valence-electron chi connectivity index (χ1n) is 11.6. The van der Waals surface area contributed by atoms with E-state index in [9.17, 15) is 9.59 Å². The first-order chi connectivity index (χ1) is 15.4. The molecule has 1 heterocycles. The molecule has 1 aromatic carbocycles. The van der Waals surface area contributed by atoms with E-state index >= 15 is 0 Å². The third-order valence-corrected chi connectivity index (χ3v) is 6.84. The van der Waals surface area contributed by atoms with Crippen LogP contribution in [0, 0.1) is 12.8 Å². The zero-order chi connectivity index (χ0) is 23.1. The minimum atomic E-state index is -0.277. The third-order valence-electron chi connectivity index (χ3n) is 5.88. The molecule has 1 saturated carbocycles. The van der Waals surface area contributed by atoms with E-state index in [0.29, 0.717) is 29.1 Å². The normalized spacial score (nSPS) is 15.5. The van der Waals surface area contributed by atoms with Crippen LogP contribution in [0.25, 0.3) is 0 Å². The average Bonchev–Trinajstić information content (AvgIpc) is 3.18. The maximum absolute atomic E-state index is 12.9. The summed E-state index contributed by atoms with van der Waals surface area (Å²) in [5, 5.41) is 15.7. The first kappa shape index (κ1) is 24.3. The highest BCUT2D eigenvalue weighted by Gasteiger charge is 2.26. The average molecular weight is 458 g/mol. The molecule has 1 aliphatic carbocycles. The van der Waals surface area contributed by atoms with E-state index in [0.717, 1.165) is 24.2 Å². The maximum atomic E-state index is 12.9. The van der Waals surface area contributed by atoms with E-state index < -0.39 is 0 Å². The summed E-state index contributed by atoms with van der Waals surface area (Å²) in [6.45, 7) is 8.77. The van der Waals surface area contributed by atoms with Gasteiger partial charge in [-0.15, -0.1) is 10.2 Å². The van der Waals surface area contributed by atoms with Gasteiger partial charge in [0.05, 0.1) is 11.8 Å². The van der Waals surface area contributed by atoms with Crippen LogP contribution in [0.2, 0.25) is 0 Å². The van der Waals surface area contributed by atoms with Crippen LogP contribution < -0.4 is 10.6 Å². The Morgan fingerprint density at radius 3 is 2.59 bits per heavy atom. The van der Waals surface area contributed by atoms with Gasteiger partial charge in [0.15, 0.2) is 11.0 Å². The molecule has 0 radical (unpaired) electrons. The Labute approximate surface area is 195 Å². The number of carbonyl (C=O) groups is 2. The Kier molecular flexibility index (Phi) is 8.73. The molecule has 2 amide bonds. The van der Waals surface area contributed by atoms with Gasteiger partial charge in [0.1, 0.15) is 0 Å². The molecule has 1 aliphatic rings. The molecule has 2 N–H and O–H groups in total. The molecule has 174 valence electrons. The summed E-state index contributed by atoms with van der Waals surface area (Å²) in [6.07, 6.45) is 5.79. The fourth-order valence-electron chi connectivity index (χ4n) is 4.12. The fraction of sp³-hybridized carbons (Fsp3) is 0.583. The molecular weight excluding hydrogens is 422 g/mol. The van der Waals surface area contributed by atoms with Crippen molar-refractivity contribution >= 4 is 23.6 Å². The summed E-state index contributed by atoms with van der Waals surface area (Å²) < 4.78 is 2.00. The predicted molar refractivity (Wildman–Crippen MR) is 128 cm³/mol. The summed E-state index contributed by atoms with van der Waals surface area (Å²) in [4.78, 5) is 25.3. The lowest BCUT2D eigenvalue weighted by molar-refractivity contribution is -0.119. The standard InChI is InChI=1S/C24H35N5O2S/c1-5-29-22(21(16(2)3)26-23(31)18-11-9-10-17(4)14-18)27-28-24(29)32-15-20(30)25-19-12-7-6-8-13-19/h9-11,14,16,19,21H,5-8,12-13,15H2,1-4H3,(H,25,30)(H,26,31)/t21-/m0/s1. The SMILES string of the molecule is CCn1c(SCC(=O)NC2CCCCC2)nnc1[C@@H](NC(=O)c1cccc(C)c1)C(C)C. The summed E-state index contributed by atoms with van der Waals surface area (Å²) >= 11 is 1.40. The van der Waals surface area contributed by atoms with Crippen molar-refractivity contribution in [3.05, 3.63) is 41.2 Å². The lowest BCUT2D eigenvalue weighted by atomic mass is 9.95. The molecular formula is C24H35N5O2S. The molecule has 0 spiro atoms. The van der Waals surface area contributed by atoms with Crippen LogP contribution in [0.15, 0.2) is 29.4 Å². The Morgan fingerprint density at radius 2 is 1.94 bits per heavy atom. The largest absolute Gasteiger partial charge is 0.353 e. The van der Waals surface area contributed by atoms with Crippen molar-refractivity contribution in [2.24, 2.45) is 5.92 Å². The fourth-order valence-corrected chi connectivity index (χ4v) is 4.94. The number of thioether (sulfide) groups is 1. The molecule has 8 heteroatoms. The molecule has 0 aliphatic heterocycles. The molecule has 1 fully saturated rings. The van der Waals surface area contributed by atoms with E-state index in [-0.39, 0.29) is 23.8 Å². The number of carbonyl (C=O) groups excluding carboxylic acids is 2. The number of benzene rings is 1. The molecule has 1 aromatic heterocycles. The molecule has 3 rings (SSSR count). The Balaban J connectivity index is 1.67. The van der Waals surface area contributed by atoms with Crippen LogP contribution in [-0.2, 0) is 11.3 Å². The molecule has 0 unspecified atom stereocenters. The number of amides is 2. The number of nitrogens with zero attached hydrogens (tertiary/aromatic N) is 3. The van der Waals surface area contributed by atoms with Crippen molar-refractivity contribution in [1.29, 1.82) is 0 Å². The van der Waals surface area contributed by atoms with Gasteiger partial charge in [-0.3, -0.25) is 9.59 Å². The second kappa shape index (κ2) is 11.5. The quantitative estimate of drug-likeness (QED) is 0.549. The maximum Gasteiger partial charge on any atom is 0.251 e. The van der Waals surface area contributed by atoms with Crippen LogP contribution in [0.5, 0.6) is 0 Å². The number of rotatable bonds is 9. The number of hydrogen-bond acceptors (Lipinski definition) is 5. The number of hydrogen-bond donors (Lipinski definition) is 2. The highest BCUT2D eigenvalue weighted by molar-refractivity contribution is 7.99. The second-order valence-electron chi connectivity index (χ2n) is 8.84. The third kappa shape index (κ3) is 6.34. The van der Waals surface area contributed by atoms with Crippen molar-refractivity contribution < 1.29 is 9.59 Å². The molecule has 0 saturated heterocycles. The van der Waals surface area contributed by atoms with Crippen LogP contribution in [0.3, 0.4) is 0 Å². The second-order valence-corrected chi connectivity index (χ2v) is 9.78. The topological polar surface area (TPSA) is 88.9 Å². The van der Waals surface area contributed by atoms with E-state index in [1.807, 2.05) is 42.7 Å². The minimum Gasteiger partial charge on any atom is -0.353 e. The van der Waals surface area contributed by atoms with Gasteiger partial charge in [-0.25, -0.2) is 0 Å². The van der Waals surface area contributed by atoms with Gasteiger partial charge in [-0.05, 0) is 44.7 Å². The van der Waals surface area contributed by atoms with Crippen LogP contribution in [0.4, 0.5) is 0 Å². The molecule has 1 atom stereocenters. The molecule has 2 aromatic rings. The van der Waals surface area contributed by atoms with E-state index in [1.165, 1.54) is 31.0 Å². The summed E-state index contributed by atoms with van der Waals surface area (Å²) in [7, 11) is 0. The monoisotopic (exact) mass is 457 g/mol. The van der Waals surface area contributed by atoms with E-state index in [1.54, 1.807) is 0 Å². The van der Waals surface area contributed by atoms with Gasteiger partial charge >= 0.3 is 0 Å². The predicted octanol–water partition coefficient (Wildman–Crippen LogP) is 4.27. The van der Waals surface area contributed by atoms with E-state index in [2.05, 4.69) is 34.7 Å². The Hall–Kier alpha value is -2.35. The smallest absolute Gasteiger partial charge is 0.251 e. The van der Waals surface area contributed by atoms with Gasteiger partial charge in [0, 0.05) is 18.2 Å². The number of aromatic nitrogens is 3.